The molecule has 6 nitrogen and oxygen atoms in total. The molecule has 0 radical (unpaired) electrons. The summed E-state index contributed by atoms with van der Waals surface area (Å²) in [5.41, 5.74) is 7.06. The van der Waals surface area contributed by atoms with Crippen LogP contribution in [0.15, 0.2) is 41.8 Å². The Hall–Kier alpha value is -2.22. The molecule has 3 rings (SSSR count). The fourth-order valence-corrected chi connectivity index (χ4v) is 4.08. The first-order chi connectivity index (χ1) is 13.0. The summed E-state index contributed by atoms with van der Waals surface area (Å²) in [6.07, 6.45) is 1.05. The molecule has 0 bridgehead atoms. The molecule has 1 aliphatic rings. The van der Waals surface area contributed by atoms with Gasteiger partial charge in [-0.2, -0.15) is 0 Å². The summed E-state index contributed by atoms with van der Waals surface area (Å²) in [7, 11) is 0. The van der Waals surface area contributed by atoms with Crippen molar-refractivity contribution in [3.05, 3.63) is 52.9 Å². The Balaban J connectivity index is 1.46. The van der Waals surface area contributed by atoms with Gasteiger partial charge in [0.25, 0.3) is 5.91 Å². The number of benzene rings is 1. The quantitative estimate of drug-likeness (QED) is 0.763. The van der Waals surface area contributed by atoms with Crippen LogP contribution in [0.3, 0.4) is 0 Å². The molecule has 27 heavy (non-hydrogen) atoms. The maximum absolute atomic E-state index is 12.6. The molecule has 3 N–H and O–H groups in total. The number of nitrogens with one attached hydrogen (secondary N) is 1. The van der Waals surface area contributed by atoms with Crippen molar-refractivity contribution in [3.8, 4) is 0 Å². The van der Waals surface area contributed by atoms with Crippen LogP contribution in [-0.4, -0.2) is 60.4 Å². The Morgan fingerprint density at radius 1 is 1.15 bits per heavy atom. The van der Waals surface area contributed by atoms with Crippen LogP contribution in [0.5, 0.6) is 0 Å². The van der Waals surface area contributed by atoms with Gasteiger partial charge in [0, 0.05) is 32.7 Å². The topological polar surface area (TPSA) is 78.7 Å². The highest BCUT2D eigenvalue weighted by molar-refractivity contribution is 7.14. The molecule has 0 aliphatic carbocycles. The molecule has 0 saturated carbocycles. The number of hydrogen-bond acceptors (Lipinski definition) is 5. The molecule has 1 unspecified atom stereocenters. The SMILES string of the molecule is CC(C(=O)Nc1sccc1C(N)=O)N1CCN(CCc2ccccc2)CC1. The lowest BCUT2D eigenvalue weighted by molar-refractivity contribution is -0.121. The number of rotatable bonds is 7. The number of hydrogen-bond donors (Lipinski definition) is 2. The van der Waals surface area contributed by atoms with E-state index in [1.165, 1.54) is 16.9 Å². The number of amides is 2. The Morgan fingerprint density at radius 2 is 1.85 bits per heavy atom. The zero-order chi connectivity index (χ0) is 19.2. The van der Waals surface area contributed by atoms with Crippen LogP contribution in [0.2, 0.25) is 0 Å². The fourth-order valence-electron chi connectivity index (χ4n) is 3.29. The predicted octanol–water partition coefficient (Wildman–Crippen LogP) is 2.03. The van der Waals surface area contributed by atoms with Gasteiger partial charge in [0.2, 0.25) is 5.91 Å². The van der Waals surface area contributed by atoms with E-state index >= 15 is 0 Å². The molecule has 1 aromatic heterocycles. The normalized spacial score (nSPS) is 16.8. The number of thiophene rings is 1. The zero-order valence-corrected chi connectivity index (χ0v) is 16.4. The Morgan fingerprint density at radius 3 is 2.52 bits per heavy atom. The first kappa shape index (κ1) is 19.5. The van der Waals surface area contributed by atoms with Crippen LogP contribution in [-0.2, 0) is 11.2 Å². The van der Waals surface area contributed by atoms with Crippen molar-refractivity contribution in [2.75, 3.05) is 38.0 Å². The van der Waals surface area contributed by atoms with E-state index < -0.39 is 5.91 Å². The monoisotopic (exact) mass is 386 g/mol. The van der Waals surface area contributed by atoms with Crippen LogP contribution < -0.4 is 11.1 Å². The number of carbonyl (C=O) groups excluding carboxylic acids is 2. The van der Waals surface area contributed by atoms with E-state index in [9.17, 15) is 9.59 Å². The van der Waals surface area contributed by atoms with Crippen LogP contribution in [0.25, 0.3) is 0 Å². The highest BCUT2D eigenvalue weighted by Crippen LogP contribution is 2.23. The van der Waals surface area contributed by atoms with Crippen molar-refractivity contribution in [2.45, 2.75) is 19.4 Å². The lowest BCUT2D eigenvalue weighted by atomic mass is 10.1. The second-order valence-corrected chi connectivity index (χ2v) is 7.72. The van der Waals surface area contributed by atoms with E-state index in [1.807, 2.05) is 13.0 Å². The molecule has 1 saturated heterocycles. The molecule has 1 aromatic carbocycles. The predicted molar refractivity (Wildman–Crippen MR) is 109 cm³/mol. The van der Waals surface area contributed by atoms with Gasteiger partial charge in [-0.1, -0.05) is 30.3 Å². The number of anilines is 1. The molecule has 144 valence electrons. The summed E-state index contributed by atoms with van der Waals surface area (Å²) in [6, 6.07) is 11.9. The van der Waals surface area contributed by atoms with Gasteiger partial charge >= 0.3 is 0 Å². The molecular formula is C20H26N4O2S. The second-order valence-electron chi connectivity index (χ2n) is 6.81. The smallest absolute Gasteiger partial charge is 0.251 e. The number of nitrogens with two attached hydrogens (primary N) is 1. The van der Waals surface area contributed by atoms with Crippen LogP contribution in [0, 0.1) is 0 Å². The van der Waals surface area contributed by atoms with Gasteiger partial charge in [-0.3, -0.25) is 14.5 Å². The summed E-state index contributed by atoms with van der Waals surface area (Å²) < 4.78 is 0. The van der Waals surface area contributed by atoms with Crippen LogP contribution in [0.4, 0.5) is 5.00 Å². The average molecular weight is 387 g/mol. The van der Waals surface area contributed by atoms with Gasteiger partial charge in [0.05, 0.1) is 11.6 Å². The van der Waals surface area contributed by atoms with Crippen molar-refractivity contribution in [3.63, 3.8) is 0 Å². The van der Waals surface area contributed by atoms with E-state index in [2.05, 4.69) is 39.4 Å². The van der Waals surface area contributed by atoms with E-state index in [1.54, 1.807) is 11.4 Å². The number of piperazine rings is 1. The summed E-state index contributed by atoms with van der Waals surface area (Å²) in [5.74, 6) is -0.621. The van der Waals surface area contributed by atoms with Crippen molar-refractivity contribution in [1.82, 2.24) is 9.80 Å². The Bertz CT molecular complexity index is 769. The summed E-state index contributed by atoms with van der Waals surface area (Å²) in [6.45, 7) is 6.57. The van der Waals surface area contributed by atoms with Crippen molar-refractivity contribution in [2.24, 2.45) is 5.73 Å². The van der Waals surface area contributed by atoms with Crippen LogP contribution in [0.1, 0.15) is 22.8 Å². The highest BCUT2D eigenvalue weighted by atomic mass is 32.1. The Kier molecular flexibility index (Phi) is 6.60. The lowest BCUT2D eigenvalue weighted by Gasteiger charge is -2.37. The number of carbonyl (C=O) groups is 2. The average Bonchev–Trinajstić information content (AvgIpc) is 3.15. The molecule has 2 aromatic rings. The second kappa shape index (κ2) is 9.12. The first-order valence-corrected chi connectivity index (χ1v) is 10.1. The fraction of sp³-hybridized carbons (Fsp3) is 0.400. The van der Waals surface area contributed by atoms with E-state index in [0.29, 0.717) is 10.6 Å². The van der Waals surface area contributed by atoms with Gasteiger partial charge in [-0.25, -0.2) is 0 Å². The molecule has 0 spiro atoms. The van der Waals surface area contributed by atoms with E-state index in [-0.39, 0.29) is 11.9 Å². The third kappa shape index (κ3) is 5.15. The molecule has 1 atom stereocenters. The first-order valence-electron chi connectivity index (χ1n) is 9.23. The molecule has 2 heterocycles. The summed E-state index contributed by atoms with van der Waals surface area (Å²) in [5, 5.41) is 5.13. The van der Waals surface area contributed by atoms with Crippen molar-refractivity contribution in [1.29, 1.82) is 0 Å². The van der Waals surface area contributed by atoms with Gasteiger partial charge < -0.3 is 16.0 Å². The molecule has 2 amide bonds. The van der Waals surface area contributed by atoms with E-state index in [0.717, 1.165) is 39.1 Å². The largest absolute Gasteiger partial charge is 0.366 e. The summed E-state index contributed by atoms with van der Waals surface area (Å²) >= 11 is 1.32. The molecule has 1 fully saturated rings. The molecule has 1 aliphatic heterocycles. The van der Waals surface area contributed by atoms with Gasteiger partial charge in [0.1, 0.15) is 5.00 Å². The third-order valence-electron chi connectivity index (χ3n) is 5.06. The minimum Gasteiger partial charge on any atom is -0.366 e. The molecular weight excluding hydrogens is 360 g/mol. The third-order valence-corrected chi connectivity index (χ3v) is 5.89. The Labute approximate surface area is 164 Å². The number of nitrogens with zero attached hydrogens (tertiary/aromatic N) is 2. The van der Waals surface area contributed by atoms with Gasteiger partial charge in [0.15, 0.2) is 0 Å². The minimum atomic E-state index is -0.522. The minimum absolute atomic E-state index is 0.0994. The van der Waals surface area contributed by atoms with Crippen LogP contribution >= 0.6 is 11.3 Å². The zero-order valence-electron chi connectivity index (χ0n) is 15.6. The molecule has 7 heteroatoms. The van der Waals surface area contributed by atoms with E-state index in [4.69, 9.17) is 5.73 Å². The number of primary amides is 1. The maximum atomic E-state index is 12.6. The highest BCUT2D eigenvalue weighted by Gasteiger charge is 2.26. The lowest BCUT2D eigenvalue weighted by Crippen LogP contribution is -2.53. The van der Waals surface area contributed by atoms with Gasteiger partial charge in [-0.05, 0) is 30.4 Å². The summed E-state index contributed by atoms with van der Waals surface area (Å²) in [4.78, 5) is 28.6. The van der Waals surface area contributed by atoms with Gasteiger partial charge in [-0.15, -0.1) is 11.3 Å². The van der Waals surface area contributed by atoms with Crippen molar-refractivity contribution < 1.29 is 9.59 Å². The maximum Gasteiger partial charge on any atom is 0.251 e. The standard InChI is InChI=1S/C20H26N4O2S/c1-15(19(26)22-20-17(18(21)25)8-14-27-20)24-12-10-23(11-13-24)9-7-16-5-3-2-4-6-16/h2-6,8,14-15H,7,9-13H2,1H3,(H2,21,25)(H,22,26). The van der Waals surface area contributed by atoms with Crippen molar-refractivity contribution >= 4 is 28.2 Å².